The highest BCUT2D eigenvalue weighted by molar-refractivity contribution is 6.43. The highest BCUT2D eigenvalue weighted by atomic mass is 35.5. The number of hydrogen-bond donors (Lipinski definition) is 0. The van der Waals surface area contributed by atoms with Gasteiger partial charge in [0.25, 0.3) is 5.91 Å². The van der Waals surface area contributed by atoms with Crippen LogP contribution in [0.15, 0.2) is 18.2 Å². The molecule has 0 aliphatic carbocycles. The Bertz CT molecular complexity index is 433. The number of likely N-dealkylation sites (tertiary alicyclic amines) is 1. The molecule has 2 rings (SSSR count). The van der Waals surface area contributed by atoms with Gasteiger partial charge < -0.3 is 4.90 Å². The summed E-state index contributed by atoms with van der Waals surface area (Å²) in [6.07, 6.45) is 3.31. The lowest BCUT2D eigenvalue weighted by molar-refractivity contribution is 0.0636. The van der Waals surface area contributed by atoms with Gasteiger partial charge in [0.2, 0.25) is 0 Å². The maximum Gasteiger partial charge on any atom is 0.255 e. The van der Waals surface area contributed by atoms with E-state index in [4.69, 9.17) is 23.2 Å². The first-order chi connectivity index (χ1) is 8.11. The average Bonchev–Trinajstić information content (AvgIpc) is 2.32. The topological polar surface area (TPSA) is 20.3 Å². The number of amides is 1. The Hall–Kier alpha value is -0.730. The van der Waals surface area contributed by atoms with E-state index in [1.165, 1.54) is 6.42 Å². The van der Waals surface area contributed by atoms with Gasteiger partial charge in [0.1, 0.15) is 0 Å². The predicted molar refractivity (Wildman–Crippen MR) is 70.8 cm³/mol. The number of hydrogen-bond acceptors (Lipinski definition) is 1. The number of piperidine rings is 1. The van der Waals surface area contributed by atoms with Crippen LogP contribution in [-0.2, 0) is 0 Å². The lowest BCUT2D eigenvalue weighted by atomic mass is 10.0. The summed E-state index contributed by atoms with van der Waals surface area (Å²) in [5.41, 5.74) is 0.507. The smallest absolute Gasteiger partial charge is 0.255 e. The van der Waals surface area contributed by atoms with Gasteiger partial charge >= 0.3 is 0 Å². The molecule has 0 radical (unpaired) electrons. The van der Waals surface area contributed by atoms with Crippen LogP contribution >= 0.6 is 23.2 Å². The summed E-state index contributed by atoms with van der Waals surface area (Å²) in [4.78, 5) is 14.3. The zero-order valence-corrected chi connectivity index (χ0v) is 11.3. The van der Waals surface area contributed by atoms with Crippen molar-refractivity contribution in [1.82, 2.24) is 4.90 Å². The Balaban J connectivity index is 2.27. The van der Waals surface area contributed by atoms with E-state index >= 15 is 0 Å². The molecular weight excluding hydrogens is 257 g/mol. The predicted octanol–water partition coefficient (Wildman–Crippen LogP) is 4.01. The summed E-state index contributed by atoms with van der Waals surface area (Å²) in [6, 6.07) is 5.47. The zero-order valence-electron chi connectivity index (χ0n) is 9.75. The summed E-state index contributed by atoms with van der Waals surface area (Å²) in [5.74, 6) is -0.00954. The molecule has 1 aliphatic rings. The van der Waals surface area contributed by atoms with Crippen LogP contribution in [0.3, 0.4) is 0 Å². The van der Waals surface area contributed by atoms with Gasteiger partial charge in [0, 0.05) is 12.6 Å². The first kappa shape index (κ1) is 12.7. The summed E-state index contributed by atoms with van der Waals surface area (Å²) in [6.45, 7) is 2.89. The molecule has 1 fully saturated rings. The molecule has 1 heterocycles. The Morgan fingerprint density at radius 2 is 2.12 bits per heavy atom. The molecule has 0 saturated carbocycles. The fourth-order valence-corrected chi connectivity index (χ4v) is 2.60. The summed E-state index contributed by atoms with van der Waals surface area (Å²) in [5, 5.41) is 0.791. The molecule has 1 aromatic carbocycles. The van der Waals surface area contributed by atoms with Gasteiger partial charge in [-0.3, -0.25) is 4.79 Å². The van der Waals surface area contributed by atoms with E-state index in [9.17, 15) is 4.79 Å². The van der Waals surface area contributed by atoms with Gasteiger partial charge in [0.15, 0.2) is 0 Å². The van der Waals surface area contributed by atoms with Crippen molar-refractivity contribution in [3.05, 3.63) is 33.8 Å². The Morgan fingerprint density at radius 1 is 1.35 bits per heavy atom. The number of carbonyl (C=O) groups is 1. The van der Waals surface area contributed by atoms with Crippen molar-refractivity contribution in [3.63, 3.8) is 0 Å². The molecule has 0 N–H and O–H groups in total. The van der Waals surface area contributed by atoms with Crippen LogP contribution < -0.4 is 0 Å². The second-order valence-electron chi connectivity index (χ2n) is 4.44. The summed E-state index contributed by atoms with van der Waals surface area (Å²) >= 11 is 12.0. The van der Waals surface area contributed by atoms with Crippen LogP contribution in [0.5, 0.6) is 0 Å². The van der Waals surface area contributed by atoms with Crippen LogP contribution in [0.25, 0.3) is 0 Å². The van der Waals surface area contributed by atoms with Crippen molar-refractivity contribution in [1.29, 1.82) is 0 Å². The summed E-state index contributed by atoms with van der Waals surface area (Å²) < 4.78 is 0. The average molecular weight is 272 g/mol. The molecule has 0 spiro atoms. The van der Waals surface area contributed by atoms with Crippen molar-refractivity contribution < 1.29 is 4.79 Å². The van der Waals surface area contributed by atoms with Crippen LogP contribution in [0, 0.1) is 0 Å². The number of benzene rings is 1. The lowest BCUT2D eigenvalue weighted by Crippen LogP contribution is -2.42. The minimum absolute atomic E-state index is 0.00954. The van der Waals surface area contributed by atoms with Gasteiger partial charge in [-0.1, -0.05) is 29.3 Å². The lowest BCUT2D eigenvalue weighted by Gasteiger charge is -2.33. The van der Waals surface area contributed by atoms with E-state index < -0.39 is 0 Å². The number of halogens is 2. The molecule has 0 unspecified atom stereocenters. The maximum atomic E-state index is 12.4. The van der Waals surface area contributed by atoms with E-state index in [-0.39, 0.29) is 11.9 Å². The normalized spacial score (nSPS) is 20.4. The quantitative estimate of drug-likeness (QED) is 0.756. The largest absolute Gasteiger partial charge is 0.336 e. The first-order valence-electron chi connectivity index (χ1n) is 5.86. The second-order valence-corrected chi connectivity index (χ2v) is 5.23. The molecule has 1 aromatic rings. The van der Waals surface area contributed by atoms with Crippen molar-refractivity contribution in [2.75, 3.05) is 6.54 Å². The third kappa shape index (κ3) is 2.58. The zero-order chi connectivity index (χ0) is 12.4. The molecule has 92 valence electrons. The molecular formula is C13H15Cl2NO. The number of rotatable bonds is 1. The van der Waals surface area contributed by atoms with E-state index in [1.807, 2.05) is 4.90 Å². The Morgan fingerprint density at radius 3 is 2.82 bits per heavy atom. The molecule has 0 bridgehead atoms. The highest BCUT2D eigenvalue weighted by Gasteiger charge is 2.25. The van der Waals surface area contributed by atoms with Gasteiger partial charge in [-0.2, -0.15) is 0 Å². The molecule has 1 aliphatic heterocycles. The third-order valence-electron chi connectivity index (χ3n) is 3.25. The van der Waals surface area contributed by atoms with Crippen LogP contribution in [0.1, 0.15) is 36.5 Å². The van der Waals surface area contributed by atoms with Gasteiger partial charge in [-0.05, 0) is 38.3 Å². The molecule has 1 atom stereocenters. The van der Waals surface area contributed by atoms with Crippen LogP contribution in [0.4, 0.5) is 0 Å². The van der Waals surface area contributed by atoms with Gasteiger partial charge in [-0.15, -0.1) is 0 Å². The molecule has 0 aromatic heterocycles. The Kier molecular flexibility index (Phi) is 3.95. The molecule has 17 heavy (non-hydrogen) atoms. The highest BCUT2D eigenvalue weighted by Crippen LogP contribution is 2.28. The van der Waals surface area contributed by atoms with Crippen LogP contribution in [0.2, 0.25) is 10.0 Å². The molecule has 2 nitrogen and oxygen atoms in total. The van der Waals surface area contributed by atoms with Crippen molar-refractivity contribution in [2.45, 2.75) is 32.2 Å². The monoisotopic (exact) mass is 271 g/mol. The third-order valence-corrected chi connectivity index (χ3v) is 4.06. The Labute approximate surface area is 112 Å². The van der Waals surface area contributed by atoms with Crippen molar-refractivity contribution >= 4 is 29.1 Å². The van der Waals surface area contributed by atoms with Gasteiger partial charge in [-0.25, -0.2) is 0 Å². The number of carbonyl (C=O) groups excluding carboxylic acids is 1. The van der Waals surface area contributed by atoms with E-state index in [0.29, 0.717) is 15.6 Å². The fourth-order valence-electron chi connectivity index (χ4n) is 2.22. The SMILES string of the molecule is C[C@@H]1CCCCN1C(=O)c1cccc(Cl)c1Cl. The maximum absolute atomic E-state index is 12.4. The minimum atomic E-state index is -0.00954. The fraction of sp³-hybridized carbons (Fsp3) is 0.462. The minimum Gasteiger partial charge on any atom is -0.336 e. The molecule has 4 heteroatoms. The first-order valence-corrected chi connectivity index (χ1v) is 6.62. The second kappa shape index (κ2) is 5.28. The molecule has 1 saturated heterocycles. The van der Waals surface area contributed by atoms with Crippen molar-refractivity contribution in [2.24, 2.45) is 0 Å². The van der Waals surface area contributed by atoms with E-state index in [1.54, 1.807) is 18.2 Å². The van der Waals surface area contributed by atoms with Crippen LogP contribution in [-0.4, -0.2) is 23.4 Å². The van der Waals surface area contributed by atoms with Crippen molar-refractivity contribution in [3.8, 4) is 0 Å². The summed E-state index contributed by atoms with van der Waals surface area (Å²) in [7, 11) is 0. The van der Waals surface area contributed by atoms with E-state index in [2.05, 4.69) is 6.92 Å². The van der Waals surface area contributed by atoms with Gasteiger partial charge in [0.05, 0.1) is 15.6 Å². The standard InChI is InChI=1S/C13H15Cl2NO/c1-9-5-2-3-8-16(9)13(17)10-6-4-7-11(14)12(10)15/h4,6-7,9H,2-3,5,8H2,1H3/t9-/m1/s1. The number of nitrogens with zero attached hydrogens (tertiary/aromatic N) is 1. The van der Waals surface area contributed by atoms with E-state index in [0.717, 1.165) is 19.4 Å². The molecule has 1 amide bonds.